The van der Waals surface area contributed by atoms with Gasteiger partial charge in [0.15, 0.2) is 9.84 Å². The maximum Gasteiger partial charge on any atom is 0.259 e. The van der Waals surface area contributed by atoms with E-state index in [1.165, 1.54) is 0 Å². The minimum atomic E-state index is -2.93. The fourth-order valence-electron chi connectivity index (χ4n) is 4.04. The third-order valence-electron chi connectivity index (χ3n) is 5.91. The van der Waals surface area contributed by atoms with E-state index in [1.807, 2.05) is 49.4 Å². The smallest absolute Gasteiger partial charge is 0.259 e. The van der Waals surface area contributed by atoms with Crippen LogP contribution in [0.15, 0.2) is 65.8 Å². The predicted octanol–water partition coefficient (Wildman–Crippen LogP) is 3.27. The third kappa shape index (κ3) is 4.31. The number of H-pyrrole nitrogens is 1. The Morgan fingerprint density at radius 2 is 1.82 bits per heavy atom. The summed E-state index contributed by atoms with van der Waals surface area (Å²) in [5.41, 5.74) is 4.19. The quantitative estimate of drug-likeness (QED) is 0.480. The van der Waals surface area contributed by atoms with Gasteiger partial charge in [0.1, 0.15) is 5.82 Å². The van der Waals surface area contributed by atoms with E-state index in [2.05, 4.69) is 20.2 Å². The minimum absolute atomic E-state index is 0.173. The highest BCUT2D eigenvalue weighted by molar-refractivity contribution is 7.91. The van der Waals surface area contributed by atoms with E-state index in [0.29, 0.717) is 24.3 Å². The number of hydrogen-bond donors (Lipinski definition) is 2. The van der Waals surface area contributed by atoms with Gasteiger partial charge in [-0.25, -0.2) is 13.4 Å². The standard InChI is InChI=1S/C24H23N5O3S/c1-16-6-8-25-15-20(16)21-14-17-7-9-26-24(30)22(17)23(28-21)27-18-2-4-19(5-3-18)29-10-12-33(31,32)13-11-29/h2-9,14-15H,10-13H2,1H3,(H,26,30)(H,27,28). The molecule has 5 rings (SSSR count). The minimum Gasteiger partial charge on any atom is -0.369 e. The molecule has 8 nitrogen and oxygen atoms in total. The first-order valence-electron chi connectivity index (χ1n) is 10.7. The second kappa shape index (κ2) is 8.32. The maximum absolute atomic E-state index is 12.6. The Hall–Kier alpha value is -3.72. The Labute approximate surface area is 191 Å². The van der Waals surface area contributed by atoms with E-state index in [1.54, 1.807) is 18.6 Å². The zero-order valence-electron chi connectivity index (χ0n) is 18.1. The summed E-state index contributed by atoms with van der Waals surface area (Å²) < 4.78 is 23.4. The number of aromatic amines is 1. The maximum atomic E-state index is 12.6. The topological polar surface area (TPSA) is 108 Å². The van der Waals surface area contributed by atoms with Crippen LogP contribution >= 0.6 is 0 Å². The average Bonchev–Trinajstić information content (AvgIpc) is 2.80. The second-order valence-electron chi connectivity index (χ2n) is 8.13. The van der Waals surface area contributed by atoms with Crippen LogP contribution in [0.1, 0.15) is 5.56 Å². The lowest BCUT2D eigenvalue weighted by atomic mass is 10.1. The highest BCUT2D eigenvalue weighted by Gasteiger charge is 2.21. The van der Waals surface area contributed by atoms with Crippen molar-refractivity contribution in [1.29, 1.82) is 0 Å². The molecular formula is C24H23N5O3S. The van der Waals surface area contributed by atoms with Gasteiger partial charge in [0.2, 0.25) is 0 Å². The van der Waals surface area contributed by atoms with Crippen LogP contribution in [0, 0.1) is 6.92 Å². The van der Waals surface area contributed by atoms with E-state index < -0.39 is 9.84 Å². The number of nitrogens with one attached hydrogen (secondary N) is 2. The summed E-state index contributed by atoms with van der Waals surface area (Å²) in [5.74, 6) is 0.808. The highest BCUT2D eigenvalue weighted by atomic mass is 32.2. The summed E-state index contributed by atoms with van der Waals surface area (Å²) in [7, 11) is -2.93. The van der Waals surface area contributed by atoms with Gasteiger partial charge in [-0.3, -0.25) is 9.78 Å². The first kappa shape index (κ1) is 21.1. The number of aromatic nitrogens is 3. The van der Waals surface area contributed by atoms with Crippen LogP contribution in [0.5, 0.6) is 0 Å². The molecule has 0 aliphatic carbocycles. The van der Waals surface area contributed by atoms with Gasteiger partial charge < -0.3 is 15.2 Å². The predicted molar refractivity (Wildman–Crippen MR) is 131 cm³/mol. The number of benzene rings is 1. The van der Waals surface area contributed by atoms with Crippen LogP contribution < -0.4 is 15.8 Å². The van der Waals surface area contributed by atoms with Crippen LogP contribution in [-0.4, -0.2) is 48.0 Å². The van der Waals surface area contributed by atoms with Gasteiger partial charge in [-0.1, -0.05) is 0 Å². The fourth-order valence-corrected chi connectivity index (χ4v) is 5.24. The summed E-state index contributed by atoms with van der Waals surface area (Å²) in [6.45, 7) is 2.98. The molecule has 33 heavy (non-hydrogen) atoms. The van der Waals surface area contributed by atoms with Crippen LogP contribution in [0.25, 0.3) is 22.0 Å². The molecule has 0 atom stereocenters. The molecule has 0 spiro atoms. The largest absolute Gasteiger partial charge is 0.369 e. The molecule has 0 bridgehead atoms. The van der Waals surface area contributed by atoms with Crippen molar-refractivity contribution < 1.29 is 8.42 Å². The molecule has 1 aliphatic rings. The van der Waals surface area contributed by atoms with Gasteiger partial charge in [-0.15, -0.1) is 0 Å². The molecule has 1 aliphatic heterocycles. The van der Waals surface area contributed by atoms with Crippen molar-refractivity contribution in [3.05, 3.63) is 77.0 Å². The molecule has 0 amide bonds. The fraction of sp³-hybridized carbons (Fsp3) is 0.208. The first-order chi connectivity index (χ1) is 15.9. The molecule has 2 N–H and O–H groups in total. The molecule has 1 fully saturated rings. The number of sulfone groups is 1. The summed E-state index contributed by atoms with van der Waals surface area (Å²) in [6, 6.07) is 13.4. The van der Waals surface area contributed by atoms with Gasteiger partial charge in [-0.05, 0) is 60.3 Å². The van der Waals surface area contributed by atoms with Crippen LogP contribution in [0.2, 0.25) is 0 Å². The third-order valence-corrected chi connectivity index (χ3v) is 7.52. The van der Waals surface area contributed by atoms with Crippen molar-refractivity contribution in [2.24, 2.45) is 0 Å². The molecule has 1 aromatic carbocycles. The Bertz CT molecular complexity index is 1480. The monoisotopic (exact) mass is 461 g/mol. The van der Waals surface area contributed by atoms with Gasteiger partial charge in [-0.2, -0.15) is 0 Å². The zero-order chi connectivity index (χ0) is 23.0. The molecular weight excluding hydrogens is 438 g/mol. The lowest BCUT2D eigenvalue weighted by Gasteiger charge is -2.28. The number of rotatable bonds is 4. The molecule has 4 aromatic rings. The van der Waals surface area contributed by atoms with Gasteiger partial charge in [0, 0.05) is 48.6 Å². The average molecular weight is 462 g/mol. The van der Waals surface area contributed by atoms with E-state index >= 15 is 0 Å². The molecule has 168 valence electrons. The molecule has 1 saturated heterocycles. The molecule has 9 heteroatoms. The van der Waals surface area contributed by atoms with Crippen LogP contribution in [-0.2, 0) is 9.84 Å². The van der Waals surface area contributed by atoms with Crippen molar-refractivity contribution in [3.63, 3.8) is 0 Å². The number of fused-ring (bicyclic) bond motifs is 1. The zero-order valence-corrected chi connectivity index (χ0v) is 18.9. The second-order valence-corrected chi connectivity index (χ2v) is 10.4. The van der Waals surface area contributed by atoms with Crippen molar-refractivity contribution in [1.82, 2.24) is 15.0 Å². The van der Waals surface area contributed by atoms with Crippen molar-refractivity contribution in [3.8, 4) is 11.3 Å². The normalized spacial score (nSPS) is 15.5. The first-order valence-corrected chi connectivity index (χ1v) is 12.5. The SMILES string of the molecule is Cc1ccncc1-c1cc2cc[nH]c(=O)c2c(Nc2ccc(N3CCS(=O)(=O)CC3)cc2)n1. The molecule has 0 saturated carbocycles. The van der Waals surface area contributed by atoms with E-state index in [4.69, 9.17) is 4.98 Å². The number of anilines is 3. The number of nitrogens with zero attached hydrogens (tertiary/aromatic N) is 3. The van der Waals surface area contributed by atoms with Gasteiger partial charge in [0.25, 0.3) is 5.56 Å². The molecule has 4 heterocycles. The Morgan fingerprint density at radius 1 is 1.06 bits per heavy atom. The van der Waals surface area contributed by atoms with Gasteiger partial charge in [0.05, 0.1) is 22.6 Å². The van der Waals surface area contributed by atoms with E-state index in [9.17, 15) is 13.2 Å². The molecule has 3 aromatic heterocycles. The van der Waals surface area contributed by atoms with Crippen molar-refractivity contribution in [2.45, 2.75) is 6.92 Å². The van der Waals surface area contributed by atoms with Crippen molar-refractivity contribution in [2.75, 3.05) is 34.8 Å². The lowest BCUT2D eigenvalue weighted by Crippen LogP contribution is -2.40. The van der Waals surface area contributed by atoms with E-state index in [0.717, 1.165) is 33.6 Å². The summed E-state index contributed by atoms with van der Waals surface area (Å²) in [5, 5.41) is 4.55. The Kier molecular flexibility index (Phi) is 5.33. The molecule has 0 unspecified atom stereocenters. The van der Waals surface area contributed by atoms with Crippen molar-refractivity contribution >= 4 is 37.8 Å². The van der Waals surface area contributed by atoms with Crippen LogP contribution in [0.4, 0.5) is 17.2 Å². The lowest BCUT2D eigenvalue weighted by molar-refractivity contribution is 0.587. The van der Waals surface area contributed by atoms with Gasteiger partial charge >= 0.3 is 0 Å². The Balaban J connectivity index is 1.49. The van der Waals surface area contributed by atoms with E-state index in [-0.39, 0.29) is 17.1 Å². The highest BCUT2D eigenvalue weighted by Crippen LogP contribution is 2.29. The Morgan fingerprint density at radius 3 is 2.55 bits per heavy atom. The number of aryl methyl sites for hydroxylation is 1. The summed E-state index contributed by atoms with van der Waals surface area (Å²) >= 11 is 0. The summed E-state index contributed by atoms with van der Waals surface area (Å²) in [4.78, 5) is 26.4. The number of hydrogen-bond acceptors (Lipinski definition) is 7. The summed E-state index contributed by atoms with van der Waals surface area (Å²) in [6.07, 6.45) is 5.14. The van der Waals surface area contributed by atoms with Crippen LogP contribution in [0.3, 0.4) is 0 Å². The molecule has 0 radical (unpaired) electrons. The number of pyridine rings is 3.